The van der Waals surface area contributed by atoms with E-state index in [2.05, 4.69) is 10.4 Å². The highest BCUT2D eigenvalue weighted by atomic mass is 35.5. The highest BCUT2D eigenvalue weighted by Gasteiger charge is 2.21. The number of hydrogen-bond acceptors (Lipinski definition) is 4. The maximum Gasteiger partial charge on any atom is 0.311 e. The Morgan fingerprint density at radius 3 is 2.58 bits per heavy atom. The fourth-order valence-electron chi connectivity index (χ4n) is 2.27. The molecule has 1 aromatic heterocycles. The molecule has 128 valence electrons. The first-order chi connectivity index (χ1) is 11.3. The molecule has 1 N–H and O–H groups in total. The first-order valence-corrected chi connectivity index (χ1v) is 7.91. The largest absolute Gasteiger partial charge is 0.452 e. The molecule has 0 spiro atoms. The Kier molecular flexibility index (Phi) is 5.62. The van der Waals surface area contributed by atoms with Gasteiger partial charge >= 0.3 is 5.97 Å². The summed E-state index contributed by atoms with van der Waals surface area (Å²) in [6.45, 7) is 5.18. The van der Waals surface area contributed by atoms with Crippen molar-refractivity contribution in [2.45, 2.75) is 33.3 Å². The van der Waals surface area contributed by atoms with Gasteiger partial charge < -0.3 is 10.1 Å². The molecule has 7 heteroatoms. The maximum absolute atomic E-state index is 12.2. The highest BCUT2D eigenvalue weighted by Crippen LogP contribution is 2.19. The second kappa shape index (κ2) is 7.49. The number of anilines is 1. The van der Waals surface area contributed by atoms with E-state index in [1.165, 1.54) is 6.92 Å². The van der Waals surface area contributed by atoms with Crippen molar-refractivity contribution >= 4 is 29.2 Å². The minimum absolute atomic E-state index is 0.0161. The minimum atomic E-state index is -0.918. The van der Waals surface area contributed by atoms with Crippen LogP contribution in [-0.2, 0) is 27.8 Å². The van der Waals surface area contributed by atoms with E-state index in [4.69, 9.17) is 16.3 Å². The normalized spacial score (nSPS) is 11.9. The monoisotopic (exact) mass is 349 g/mol. The summed E-state index contributed by atoms with van der Waals surface area (Å²) in [7, 11) is 1.80. The predicted molar refractivity (Wildman–Crippen MR) is 92.0 cm³/mol. The lowest BCUT2D eigenvalue weighted by molar-refractivity contribution is -0.152. The Morgan fingerprint density at radius 1 is 1.33 bits per heavy atom. The van der Waals surface area contributed by atoms with Gasteiger partial charge in [0.15, 0.2) is 6.10 Å². The van der Waals surface area contributed by atoms with Crippen molar-refractivity contribution in [1.82, 2.24) is 9.78 Å². The lowest BCUT2D eigenvalue weighted by Crippen LogP contribution is -2.30. The van der Waals surface area contributed by atoms with Crippen molar-refractivity contribution in [3.05, 3.63) is 46.2 Å². The van der Waals surface area contributed by atoms with Crippen LogP contribution < -0.4 is 5.32 Å². The van der Waals surface area contributed by atoms with E-state index in [1.54, 1.807) is 42.9 Å². The zero-order valence-corrected chi connectivity index (χ0v) is 14.8. The predicted octanol–water partition coefficient (Wildman–Crippen LogP) is 2.80. The smallest absolute Gasteiger partial charge is 0.311 e. The van der Waals surface area contributed by atoms with Crippen molar-refractivity contribution in [3.8, 4) is 0 Å². The second-order valence-electron chi connectivity index (χ2n) is 5.56. The third-order valence-corrected chi connectivity index (χ3v) is 4.10. The molecule has 0 fully saturated rings. The first-order valence-electron chi connectivity index (χ1n) is 7.53. The van der Waals surface area contributed by atoms with E-state index in [-0.39, 0.29) is 6.42 Å². The first kappa shape index (κ1) is 18.0. The average molecular weight is 350 g/mol. The van der Waals surface area contributed by atoms with Gasteiger partial charge in [0.1, 0.15) is 0 Å². The Bertz CT molecular complexity index is 770. The number of nitrogens with one attached hydrogen (secondary N) is 1. The summed E-state index contributed by atoms with van der Waals surface area (Å²) in [4.78, 5) is 24.2. The number of benzene rings is 1. The van der Waals surface area contributed by atoms with E-state index in [0.29, 0.717) is 22.0 Å². The van der Waals surface area contributed by atoms with Crippen molar-refractivity contribution in [2.75, 3.05) is 5.32 Å². The molecule has 0 aliphatic rings. The van der Waals surface area contributed by atoms with Gasteiger partial charge in [-0.1, -0.05) is 29.8 Å². The van der Waals surface area contributed by atoms with Crippen LogP contribution in [0.1, 0.15) is 23.9 Å². The fourth-order valence-corrected chi connectivity index (χ4v) is 2.47. The van der Waals surface area contributed by atoms with E-state index in [1.807, 2.05) is 6.92 Å². The molecule has 24 heavy (non-hydrogen) atoms. The van der Waals surface area contributed by atoms with Crippen LogP contribution in [0.25, 0.3) is 0 Å². The maximum atomic E-state index is 12.2. The minimum Gasteiger partial charge on any atom is -0.452 e. The van der Waals surface area contributed by atoms with Crippen molar-refractivity contribution in [3.63, 3.8) is 0 Å². The Balaban J connectivity index is 1.96. The van der Waals surface area contributed by atoms with Gasteiger partial charge in [0.25, 0.3) is 5.91 Å². The molecule has 2 rings (SSSR count). The quantitative estimate of drug-likeness (QED) is 0.842. The summed E-state index contributed by atoms with van der Waals surface area (Å²) in [6.07, 6.45) is -0.901. The Morgan fingerprint density at radius 2 is 2.00 bits per heavy atom. The molecule has 0 bridgehead atoms. The van der Waals surface area contributed by atoms with Crippen molar-refractivity contribution in [1.29, 1.82) is 0 Å². The number of nitrogens with zero attached hydrogens (tertiary/aromatic N) is 2. The summed E-state index contributed by atoms with van der Waals surface area (Å²) < 4.78 is 6.87. The van der Waals surface area contributed by atoms with Gasteiger partial charge in [-0.15, -0.1) is 0 Å². The molecular weight excluding hydrogens is 330 g/mol. The number of hydrogen-bond donors (Lipinski definition) is 1. The van der Waals surface area contributed by atoms with Crippen LogP contribution in [-0.4, -0.2) is 27.8 Å². The summed E-state index contributed by atoms with van der Waals surface area (Å²) in [5.41, 5.74) is 2.83. The molecule has 0 unspecified atom stereocenters. The second-order valence-corrected chi connectivity index (χ2v) is 5.97. The molecule has 1 aromatic carbocycles. The number of rotatable bonds is 5. The molecule has 1 atom stereocenters. The Hall–Kier alpha value is -2.34. The summed E-state index contributed by atoms with van der Waals surface area (Å²) >= 11 is 6.02. The van der Waals surface area contributed by atoms with Gasteiger partial charge in [-0.25, -0.2) is 0 Å². The molecule has 6 nitrogen and oxygen atoms in total. The van der Waals surface area contributed by atoms with Crippen LogP contribution >= 0.6 is 11.6 Å². The van der Waals surface area contributed by atoms with E-state index < -0.39 is 18.0 Å². The summed E-state index contributed by atoms with van der Waals surface area (Å²) in [5, 5.41) is 7.48. The van der Waals surface area contributed by atoms with Gasteiger partial charge in [-0.3, -0.25) is 14.3 Å². The summed E-state index contributed by atoms with van der Waals surface area (Å²) in [5.74, 6) is -0.910. The van der Waals surface area contributed by atoms with Crippen molar-refractivity contribution < 1.29 is 14.3 Å². The van der Waals surface area contributed by atoms with Gasteiger partial charge in [0.05, 0.1) is 23.5 Å². The molecule has 2 aromatic rings. The molecule has 0 saturated heterocycles. The SMILES string of the molecule is Cc1nn(C)c(C)c1NC(=O)[C@H](C)OC(=O)Cc1ccccc1Cl. The van der Waals surface area contributed by atoms with E-state index >= 15 is 0 Å². The third-order valence-electron chi connectivity index (χ3n) is 3.73. The average Bonchev–Trinajstić information content (AvgIpc) is 2.75. The number of aryl methyl sites for hydroxylation is 2. The number of amides is 1. The van der Waals surface area contributed by atoms with E-state index in [0.717, 1.165) is 5.69 Å². The third kappa shape index (κ3) is 4.14. The lowest BCUT2D eigenvalue weighted by atomic mass is 10.1. The zero-order valence-electron chi connectivity index (χ0n) is 14.1. The summed E-state index contributed by atoms with van der Waals surface area (Å²) in [6, 6.07) is 7.02. The molecule has 0 radical (unpaired) electrons. The number of esters is 1. The van der Waals surface area contributed by atoms with Crippen molar-refractivity contribution in [2.24, 2.45) is 7.05 Å². The standard InChI is InChI=1S/C17H20ClN3O3/c1-10-16(11(2)21(4)20-10)19-17(23)12(3)24-15(22)9-13-7-5-6-8-14(13)18/h5-8,12H,9H2,1-4H3,(H,19,23)/t12-/m0/s1. The molecule has 0 saturated carbocycles. The van der Waals surface area contributed by atoms with Crippen LogP contribution in [0.3, 0.4) is 0 Å². The number of carbonyl (C=O) groups excluding carboxylic acids is 2. The topological polar surface area (TPSA) is 73.2 Å². The molecule has 0 aliphatic carbocycles. The molecule has 1 heterocycles. The fraction of sp³-hybridized carbons (Fsp3) is 0.353. The molecule has 1 amide bonds. The van der Waals surface area contributed by atoms with Gasteiger partial charge in [0, 0.05) is 12.1 Å². The van der Waals surface area contributed by atoms with Crippen LogP contribution in [0.2, 0.25) is 5.02 Å². The van der Waals surface area contributed by atoms with Crippen LogP contribution in [0.4, 0.5) is 5.69 Å². The van der Waals surface area contributed by atoms with E-state index in [9.17, 15) is 9.59 Å². The van der Waals surface area contributed by atoms with Gasteiger partial charge in [0.2, 0.25) is 0 Å². The van der Waals surface area contributed by atoms with Gasteiger partial charge in [-0.05, 0) is 32.4 Å². The number of aromatic nitrogens is 2. The van der Waals surface area contributed by atoms with Crippen LogP contribution in [0, 0.1) is 13.8 Å². The molecule has 0 aliphatic heterocycles. The Labute approximate surface area is 145 Å². The molecular formula is C17H20ClN3O3. The number of ether oxygens (including phenoxy) is 1. The highest BCUT2D eigenvalue weighted by molar-refractivity contribution is 6.31. The number of carbonyl (C=O) groups is 2. The van der Waals surface area contributed by atoms with Gasteiger partial charge in [-0.2, -0.15) is 5.10 Å². The number of halogens is 1. The zero-order chi connectivity index (χ0) is 17.9. The van der Waals surface area contributed by atoms with Crippen LogP contribution in [0.15, 0.2) is 24.3 Å². The van der Waals surface area contributed by atoms with Crippen LogP contribution in [0.5, 0.6) is 0 Å². The lowest BCUT2D eigenvalue weighted by Gasteiger charge is -2.14.